The molecule has 3 rings (SSSR count). The molecule has 0 aliphatic heterocycles. The van der Waals surface area contributed by atoms with E-state index >= 15 is 0 Å². The van der Waals surface area contributed by atoms with E-state index in [4.69, 9.17) is 11.6 Å². The van der Waals surface area contributed by atoms with Crippen molar-refractivity contribution in [2.24, 2.45) is 0 Å². The fraction of sp³-hybridized carbons (Fsp3) is 0.0667. The van der Waals surface area contributed by atoms with Gasteiger partial charge in [0.05, 0.1) is 9.72 Å². The van der Waals surface area contributed by atoms with Crippen LogP contribution in [0.3, 0.4) is 0 Å². The molecule has 0 bridgehead atoms. The molecule has 1 heterocycles. The quantitative estimate of drug-likeness (QED) is 0.538. The van der Waals surface area contributed by atoms with Crippen LogP contribution in [0.15, 0.2) is 48.5 Å². The van der Waals surface area contributed by atoms with Crippen molar-refractivity contribution >= 4 is 33.0 Å². The lowest BCUT2D eigenvalue weighted by molar-refractivity contribution is 1.57. The van der Waals surface area contributed by atoms with E-state index in [-0.39, 0.29) is 0 Å². The summed E-state index contributed by atoms with van der Waals surface area (Å²) in [5, 5.41) is 2.11. The molecule has 1 aromatic heterocycles. The Hall–Kier alpha value is -1.31. The van der Waals surface area contributed by atoms with Crippen LogP contribution < -0.4 is 0 Å². The first-order valence-corrected chi connectivity index (χ1v) is 6.70. The predicted molar refractivity (Wildman–Crippen MR) is 77.0 cm³/mol. The fourth-order valence-electron chi connectivity index (χ4n) is 2.07. The molecule has 0 N–H and O–H groups in total. The van der Waals surface area contributed by atoms with Gasteiger partial charge in [0.1, 0.15) is 0 Å². The van der Waals surface area contributed by atoms with Crippen LogP contribution in [0.2, 0.25) is 5.02 Å². The van der Waals surface area contributed by atoms with E-state index in [2.05, 4.69) is 37.3 Å². The molecule has 2 aromatic carbocycles. The molecule has 0 aliphatic rings. The number of thiophene rings is 1. The molecule has 84 valence electrons. The van der Waals surface area contributed by atoms with Gasteiger partial charge in [0.25, 0.3) is 0 Å². The number of hydrogen-bond donors (Lipinski definition) is 0. The van der Waals surface area contributed by atoms with E-state index in [1.807, 2.05) is 18.2 Å². The van der Waals surface area contributed by atoms with Gasteiger partial charge in [-0.15, -0.1) is 11.3 Å². The van der Waals surface area contributed by atoms with Crippen molar-refractivity contribution in [1.29, 1.82) is 0 Å². The third-order valence-electron chi connectivity index (χ3n) is 2.95. The summed E-state index contributed by atoms with van der Waals surface area (Å²) in [6.07, 6.45) is 0. The number of halogens is 1. The summed E-state index contributed by atoms with van der Waals surface area (Å²) in [5.41, 5.74) is 2.58. The number of benzene rings is 2. The number of hydrogen-bond acceptors (Lipinski definition) is 1. The second-order valence-corrected chi connectivity index (χ2v) is 5.47. The molecular weight excluding hydrogens is 248 g/mol. The average Bonchev–Trinajstić information content (AvgIpc) is 2.70. The maximum Gasteiger partial charge on any atom is 0.0584 e. The van der Waals surface area contributed by atoms with Gasteiger partial charge in [0.15, 0.2) is 0 Å². The Balaban J connectivity index is 2.32. The summed E-state index contributed by atoms with van der Waals surface area (Å²) in [4.78, 5) is 1.31. The monoisotopic (exact) mass is 258 g/mol. The topological polar surface area (TPSA) is 0 Å². The Morgan fingerprint density at radius 3 is 2.41 bits per heavy atom. The molecule has 0 saturated heterocycles. The Labute approximate surface area is 109 Å². The molecule has 2 heteroatoms. The van der Waals surface area contributed by atoms with Crippen LogP contribution in [0.5, 0.6) is 0 Å². The third-order valence-corrected chi connectivity index (χ3v) is 4.77. The van der Waals surface area contributed by atoms with Crippen LogP contribution in [0.4, 0.5) is 0 Å². The Bertz CT molecular complexity index is 668. The molecule has 0 atom stereocenters. The van der Waals surface area contributed by atoms with Crippen molar-refractivity contribution in [1.82, 2.24) is 0 Å². The van der Waals surface area contributed by atoms with Crippen molar-refractivity contribution in [3.8, 4) is 10.4 Å². The van der Waals surface area contributed by atoms with Gasteiger partial charge in [-0.05, 0) is 29.5 Å². The van der Waals surface area contributed by atoms with Gasteiger partial charge in [0.2, 0.25) is 0 Å². The maximum atomic E-state index is 6.24. The highest BCUT2D eigenvalue weighted by atomic mass is 35.5. The molecule has 0 nitrogen and oxygen atoms in total. The minimum Gasteiger partial charge on any atom is -0.133 e. The van der Waals surface area contributed by atoms with Crippen molar-refractivity contribution in [3.63, 3.8) is 0 Å². The van der Waals surface area contributed by atoms with Gasteiger partial charge in [-0.1, -0.05) is 54.1 Å². The number of aryl methyl sites for hydroxylation is 1. The highest BCUT2D eigenvalue weighted by Gasteiger charge is 2.11. The van der Waals surface area contributed by atoms with E-state index in [1.165, 1.54) is 26.1 Å². The van der Waals surface area contributed by atoms with E-state index < -0.39 is 0 Å². The number of fused-ring (bicyclic) bond motifs is 1. The zero-order valence-corrected chi connectivity index (χ0v) is 11.0. The normalized spacial score (nSPS) is 10.9. The van der Waals surface area contributed by atoms with Gasteiger partial charge < -0.3 is 0 Å². The summed E-state index contributed by atoms with van der Waals surface area (Å²) >= 11 is 8.01. The minimum absolute atomic E-state index is 0.845. The van der Waals surface area contributed by atoms with Crippen LogP contribution >= 0.6 is 22.9 Å². The van der Waals surface area contributed by atoms with Gasteiger partial charge in [0, 0.05) is 4.88 Å². The summed E-state index contributed by atoms with van der Waals surface area (Å²) in [5.74, 6) is 0. The van der Waals surface area contributed by atoms with Crippen molar-refractivity contribution in [2.45, 2.75) is 6.92 Å². The molecule has 0 fully saturated rings. The van der Waals surface area contributed by atoms with Gasteiger partial charge in [-0.2, -0.15) is 0 Å². The van der Waals surface area contributed by atoms with E-state index in [0.717, 1.165) is 5.02 Å². The lowest BCUT2D eigenvalue weighted by atomic mass is 10.1. The summed E-state index contributed by atoms with van der Waals surface area (Å²) in [6, 6.07) is 16.6. The second kappa shape index (κ2) is 4.17. The molecule has 3 aromatic rings. The lowest BCUT2D eigenvalue weighted by Crippen LogP contribution is -1.75. The van der Waals surface area contributed by atoms with Crippen LogP contribution in [-0.4, -0.2) is 0 Å². The molecule has 17 heavy (non-hydrogen) atoms. The minimum atomic E-state index is 0.845. The standard InChI is InChI=1S/C15H11ClS/c1-10-12-8-5-9-13(16)15(12)17-14(10)11-6-3-2-4-7-11/h2-9H,1H3. The van der Waals surface area contributed by atoms with E-state index in [9.17, 15) is 0 Å². The Morgan fingerprint density at radius 1 is 0.941 bits per heavy atom. The Kier molecular flexibility index (Phi) is 2.65. The molecule has 0 aliphatic carbocycles. The SMILES string of the molecule is Cc1c(-c2ccccc2)sc2c(Cl)cccc12. The first-order chi connectivity index (χ1) is 8.27. The zero-order chi connectivity index (χ0) is 11.8. The molecule has 0 radical (unpaired) electrons. The van der Waals surface area contributed by atoms with Crippen molar-refractivity contribution in [3.05, 3.63) is 59.1 Å². The fourth-order valence-corrected chi connectivity index (χ4v) is 3.58. The molecule has 0 unspecified atom stereocenters. The first-order valence-electron chi connectivity index (χ1n) is 5.50. The zero-order valence-electron chi connectivity index (χ0n) is 9.41. The largest absolute Gasteiger partial charge is 0.133 e. The van der Waals surface area contributed by atoms with E-state index in [0.29, 0.717) is 0 Å². The van der Waals surface area contributed by atoms with Crippen molar-refractivity contribution in [2.75, 3.05) is 0 Å². The highest BCUT2D eigenvalue weighted by Crippen LogP contribution is 2.40. The van der Waals surface area contributed by atoms with Crippen LogP contribution in [0.25, 0.3) is 20.5 Å². The molecule has 0 amide bonds. The van der Waals surface area contributed by atoms with Gasteiger partial charge >= 0.3 is 0 Å². The lowest BCUT2D eigenvalue weighted by Gasteiger charge is -1.98. The van der Waals surface area contributed by atoms with Crippen LogP contribution in [-0.2, 0) is 0 Å². The van der Waals surface area contributed by atoms with Gasteiger partial charge in [-0.25, -0.2) is 0 Å². The number of rotatable bonds is 1. The Morgan fingerprint density at radius 2 is 1.71 bits per heavy atom. The smallest absolute Gasteiger partial charge is 0.0584 e. The summed E-state index contributed by atoms with van der Waals surface area (Å²) in [7, 11) is 0. The van der Waals surface area contributed by atoms with Crippen LogP contribution in [0.1, 0.15) is 5.56 Å². The van der Waals surface area contributed by atoms with Crippen LogP contribution in [0, 0.1) is 6.92 Å². The van der Waals surface area contributed by atoms with Crippen molar-refractivity contribution < 1.29 is 0 Å². The third kappa shape index (κ3) is 1.76. The first kappa shape index (κ1) is 10.8. The molecular formula is C15H11ClS. The average molecular weight is 259 g/mol. The van der Waals surface area contributed by atoms with Gasteiger partial charge in [-0.3, -0.25) is 0 Å². The molecule has 0 spiro atoms. The van der Waals surface area contributed by atoms with E-state index in [1.54, 1.807) is 11.3 Å². The highest BCUT2D eigenvalue weighted by molar-refractivity contribution is 7.23. The molecule has 0 saturated carbocycles. The summed E-state index contributed by atoms with van der Waals surface area (Å²) in [6.45, 7) is 2.16. The summed E-state index contributed by atoms with van der Waals surface area (Å²) < 4.78 is 1.19. The second-order valence-electron chi connectivity index (χ2n) is 4.04. The predicted octanol–water partition coefficient (Wildman–Crippen LogP) is 5.53. The maximum absolute atomic E-state index is 6.24.